The van der Waals surface area contributed by atoms with Crippen LogP contribution < -0.4 is 15.0 Å². The SMILES string of the molecule is Cc1cc(N2CC3CC[C@H](C2)C3Nc2nc3n(n2)CCC[C@H]3Oc2cc(F)cc(Cl)c2)cnn1. The van der Waals surface area contributed by atoms with Gasteiger partial charge in [-0.25, -0.2) is 9.07 Å². The Balaban J connectivity index is 1.17. The van der Waals surface area contributed by atoms with Crippen molar-refractivity contribution in [2.75, 3.05) is 23.3 Å². The Bertz CT molecular complexity index is 1170. The maximum Gasteiger partial charge on any atom is 0.242 e. The molecule has 0 amide bonds. The van der Waals surface area contributed by atoms with Crippen LogP contribution >= 0.6 is 11.6 Å². The van der Waals surface area contributed by atoms with Crippen molar-refractivity contribution >= 4 is 23.2 Å². The van der Waals surface area contributed by atoms with Crippen LogP contribution in [0.4, 0.5) is 16.0 Å². The molecule has 1 saturated carbocycles. The molecule has 3 aromatic rings. The molecule has 0 radical (unpaired) electrons. The van der Waals surface area contributed by atoms with Crippen LogP contribution in [0.15, 0.2) is 30.5 Å². The van der Waals surface area contributed by atoms with Gasteiger partial charge in [-0.15, -0.1) is 5.10 Å². The number of hydrogen-bond acceptors (Lipinski definition) is 7. The number of anilines is 2. The fraction of sp³-hybridized carbons (Fsp3) is 0.500. The van der Waals surface area contributed by atoms with Crippen molar-refractivity contribution in [2.24, 2.45) is 11.8 Å². The summed E-state index contributed by atoms with van der Waals surface area (Å²) in [5.41, 5.74) is 2.09. The summed E-state index contributed by atoms with van der Waals surface area (Å²) >= 11 is 6.00. The van der Waals surface area contributed by atoms with Crippen LogP contribution in [-0.2, 0) is 6.54 Å². The van der Waals surface area contributed by atoms with E-state index in [1.807, 2.05) is 17.8 Å². The van der Waals surface area contributed by atoms with Gasteiger partial charge in [0.15, 0.2) is 11.9 Å². The molecular weight excluding hydrogens is 457 g/mol. The molecule has 3 aliphatic rings. The van der Waals surface area contributed by atoms with Crippen molar-refractivity contribution in [2.45, 2.75) is 51.3 Å². The summed E-state index contributed by atoms with van der Waals surface area (Å²) in [5, 5.41) is 16.9. The van der Waals surface area contributed by atoms with Crippen molar-refractivity contribution in [1.29, 1.82) is 0 Å². The molecule has 178 valence electrons. The van der Waals surface area contributed by atoms with E-state index in [-0.39, 0.29) is 6.10 Å². The van der Waals surface area contributed by atoms with E-state index in [2.05, 4.69) is 26.5 Å². The molecule has 6 rings (SSSR count). The third-order valence-electron chi connectivity index (χ3n) is 7.20. The average molecular weight is 484 g/mol. The smallest absolute Gasteiger partial charge is 0.242 e. The summed E-state index contributed by atoms with van der Waals surface area (Å²) in [5.74, 6) is 2.47. The number of nitrogens with one attached hydrogen (secondary N) is 1. The Morgan fingerprint density at radius 2 is 1.94 bits per heavy atom. The largest absolute Gasteiger partial charge is 0.482 e. The summed E-state index contributed by atoms with van der Waals surface area (Å²) in [6.07, 6.45) is 5.68. The first-order chi connectivity index (χ1) is 16.5. The Labute approximate surface area is 202 Å². The quantitative estimate of drug-likeness (QED) is 0.575. The molecule has 34 heavy (non-hydrogen) atoms. The molecule has 2 fully saturated rings. The molecule has 4 heterocycles. The Morgan fingerprint density at radius 1 is 1.12 bits per heavy atom. The average Bonchev–Trinajstić information content (AvgIpc) is 3.30. The second-order valence-corrected chi connectivity index (χ2v) is 10.0. The monoisotopic (exact) mass is 483 g/mol. The van der Waals surface area contributed by atoms with E-state index in [1.54, 1.807) is 6.07 Å². The fourth-order valence-electron chi connectivity index (χ4n) is 5.70. The fourth-order valence-corrected chi connectivity index (χ4v) is 5.91. The lowest BCUT2D eigenvalue weighted by Crippen LogP contribution is -2.48. The van der Waals surface area contributed by atoms with Crippen molar-refractivity contribution in [3.63, 3.8) is 0 Å². The minimum Gasteiger partial charge on any atom is -0.482 e. The van der Waals surface area contributed by atoms with E-state index in [4.69, 9.17) is 26.4 Å². The normalized spacial score (nSPS) is 25.8. The number of benzene rings is 1. The molecule has 0 spiro atoms. The summed E-state index contributed by atoms with van der Waals surface area (Å²) in [6.45, 7) is 4.75. The number of aryl methyl sites for hydroxylation is 2. The zero-order valence-corrected chi connectivity index (χ0v) is 19.7. The number of fused-ring (bicyclic) bond motifs is 3. The highest BCUT2D eigenvalue weighted by molar-refractivity contribution is 6.30. The van der Waals surface area contributed by atoms with E-state index in [9.17, 15) is 4.39 Å². The standard InChI is InChI=1S/C24H27ClFN7O/c1-14-7-19(11-27-30-14)32-12-15-4-5-16(13-32)22(15)28-24-29-23-21(3-2-6-33(23)31-24)34-20-9-17(25)8-18(26)10-20/h7-11,15-16,21-22H,2-6,12-13H2,1H3,(H,28,31)/t15-,16?,21-,22?/m1/s1. The Kier molecular flexibility index (Phi) is 5.51. The zero-order valence-electron chi connectivity index (χ0n) is 19.0. The van der Waals surface area contributed by atoms with Crippen molar-refractivity contribution < 1.29 is 9.13 Å². The van der Waals surface area contributed by atoms with Crippen LogP contribution in [-0.4, -0.2) is 44.1 Å². The number of nitrogens with zero attached hydrogens (tertiary/aromatic N) is 6. The van der Waals surface area contributed by atoms with Gasteiger partial charge in [0.2, 0.25) is 5.95 Å². The van der Waals surface area contributed by atoms with E-state index in [0.29, 0.717) is 34.6 Å². The van der Waals surface area contributed by atoms with Crippen molar-refractivity contribution in [1.82, 2.24) is 25.0 Å². The molecule has 2 unspecified atom stereocenters. The molecule has 10 heteroatoms. The van der Waals surface area contributed by atoms with Gasteiger partial charge in [0.25, 0.3) is 0 Å². The highest BCUT2D eigenvalue weighted by Gasteiger charge is 2.43. The molecule has 2 aliphatic heterocycles. The summed E-state index contributed by atoms with van der Waals surface area (Å²) in [6, 6.07) is 6.71. The molecule has 1 N–H and O–H groups in total. The van der Waals surface area contributed by atoms with E-state index >= 15 is 0 Å². The predicted octanol–water partition coefficient (Wildman–Crippen LogP) is 4.41. The van der Waals surface area contributed by atoms with E-state index in [1.165, 1.54) is 25.0 Å². The lowest BCUT2D eigenvalue weighted by atomic mass is 9.92. The lowest BCUT2D eigenvalue weighted by molar-refractivity contribution is 0.155. The van der Waals surface area contributed by atoms with Crippen LogP contribution in [0.5, 0.6) is 5.75 Å². The van der Waals surface area contributed by atoms with Gasteiger partial charge in [0, 0.05) is 36.8 Å². The van der Waals surface area contributed by atoms with Crippen LogP contribution in [0.3, 0.4) is 0 Å². The van der Waals surface area contributed by atoms with Crippen molar-refractivity contribution in [3.05, 3.63) is 52.8 Å². The third-order valence-corrected chi connectivity index (χ3v) is 7.41. The van der Waals surface area contributed by atoms with Gasteiger partial charge in [-0.3, -0.25) is 0 Å². The van der Waals surface area contributed by atoms with Crippen LogP contribution in [0.2, 0.25) is 5.02 Å². The van der Waals surface area contributed by atoms with Gasteiger partial charge < -0.3 is 15.0 Å². The first-order valence-electron chi connectivity index (χ1n) is 11.9. The van der Waals surface area contributed by atoms with Gasteiger partial charge in [0.1, 0.15) is 11.6 Å². The highest BCUT2D eigenvalue weighted by Crippen LogP contribution is 2.40. The van der Waals surface area contributed by atoms with Gasteiger partial charge in [-0.05, 0) is 62.6 Å². The first kappa shape index (κ1) is 21.6. The van der Waals surface area contributed by atoms with Crippen molar-refractivity contribution in [3.8, 4) is 5.75 Å². The maximum absolute atomic E-state index is 13.8. The molecular formula is C24H27ClFN7O. The third kappa shape index (κ3) is 4.17. The zero-order chi connectivity index (χ0) is 23.2. The number of aromatic nitrogens is 5. The van der Waals surface area contributed by atoms with Gasteiger partial charge in [-0.2, -0.15) is 15.2 Å². The molecule has 8 nitrogen and oxygen atoms in total. The van der Waals surface area contributed by atoms with Gasteiger partial charge in [-0.1, -0.05) is 11.6 Å². The van der Waals surface area contributed by atoms with Gasteiger partial charge in [0.05, 0.1) is 17.6 Å². The lowest BCUT2D eigenvalue weighted by Gasteiger charge is -2.39. The summed E-state index contributed by atoms with van der Waals surface area (Å²) in [7, 11) is 0. The number of ether oxygens (including phenoxy) is 1. The Hall–Kier alpha value is -2.94. The second kappa shape index (κ2) is 8.69. The molecule has 1 aromatic carbocycles. The van der Waals surface area contributed by atoms with Crippen LogP contribution in [0.1, 0.15) is 43.3 Å². The number of rotatable bonds is 5. The predicted molar refractivity (Wildman–Crippen MR) is 127 cm³/mol. The minimum absolute atomic E-state index is 0.282. The van der Waals surface area contributed by atoms with Crippen LogP contribution in [0.25, 0.3) is 0 Å². The van der Waals surface area contributed by atoms with E-state index in [0.717, 1.165) is 49.7 Å². The number of halogens is 2. The topological polar surface area (TPSA) is 81.0 Å². The first-order valence-corrected chi connectivity index (χ1v) is 12.3. The molecule has 4 atom stereocenters. The molecule has 1 aliphatic carbocycles. The Morgan fingerprint density at radius 3 is 2.71 bits per heavy atom. The summed E-state index contributed by atoms with van der Waals surface area (Å²) < 4.78 is 21.8. The van der Waals surface area contributed by atoms with E-state index < -0.39 is 5.82 Å². The van der Waals surface area contributed by atoms with Crippen LogP contribution in [0, 0.1) is 24.6 Å². The minimum atomic E-state index is -0.415. The summed E-state index contributed by atoms with van der Waals surface area (Å²) in [4.78, 5) is 7.24. The molecule has 2 aromatic heterocycles. The number of hydrogen-bond donors (Lipinski definition) is 1. The highest BCUT2D eigenvalue weighted by atomic mass is 35.5. The molecule has 2 bridgehead atoms. The number of piperidine rings is 1. The second-order valence-electron chi connectivity index (χ2n) is 9.60. The molecule has 1 saturated heterocycles. The maximum atomic E-state index is 13.8. The van der Waals surface area contributed by atoms with Gasteiger partial charge >= 0.3 is 0 Å².